The van der Waals surface area contributed by atoms with Gasteiger partial charge in [0, 0.05) is 0 Å². The highest BCUT2D eigenvalue weighted by Crippen LogP contribution is 2.24. The lowest BCUT2D eigenvalue weighted by atomic mass is 9.85. The van der Waals surface area contributed by atoms with Crippen molar-refractivity contribution < 1.29 is 14.3 Å². The molecule has 2 atom stereocenters. The lowest BCUT2D eigenvalue weighted by Crippen LogP contribution is -2.22. The van der Waals surface area contributed by atoms with Crippen LogP contribution >= 0.6 is 0 Å². The van der Waals surface area contributed by atoms with E-state index in [2.05, 4.69) is 19.1 Å². The molecule has 86 valence electrons. The van der Waals surface area contributed by atoms with Gasteiger partial charge in [0.15, 0.2) is 0 Å². The number of ether oxygens (including phenoxy) is 2. The van der Waals surface area contributed by atoms with E-state index in [0.29, 0.717) is 25.0 Å². The molecule has 15 heavy (non-hydrogen) atoms. The minimum Gasteiger partial charge on any atom is -0.464 e. The number of esters is 1. The van der Waals surface area contributed by atoms with Crippen LogP contribution in [0, 0.1) is 11.8 Å². The molecule has 0 saturated heterocycles. The maximum Gasteiger partial charge on any atom is 0.332 e. The highest BCUT2D eigenvalue weighted by Gasteiger charge is 2.18. The second kappa shape index (κ2) is 6.62. The first kappa shape index (κ1) is 12.2. The van der Waals surface area contributed by atoms with Gasteiger partial charge in [-0.2, -0.15) is 0 Å². The Kier molecular flexibility index (Phi) is 5.40. The zero-order valence-corrected chi connectivity index (χ0v) is 9.57. The third-order valence-corrected chi connectivity index (χ3v) is 2.78. The van der Waals surface area contributed by atoms with Crippen molar-refractivity contribution in [2.45, 2.75) is 26.7 Å². The van der Waals surface area contributed by atoms with Crippen LogP contribution in [0.2, 0.25) is 0 Å². The summed E-state index contributed by atoms with van der Waals surface area (Å²) in [4.78, 5) is 11.0. The summed E-state index contributed by atoms with van der Waals surface area (Å²) in [5, 5.41) is 0. The summed E-state index contributed by atoms with van der Waals surface area (Å²) in [5.74, 6) is 0.929. The molecule has 0 N–H and O–H groups in total. The predicted molar refractivity (Wildman–Crippen MR) is 58.5 cm³/mol. The summed E-state index contributed by atoms with van der Waals surface area (Å²) in [6, 6.07) is 0. The van der Waals surface area contributed by atoms with E-state index >= 15 is 0 Å². The Morgan fingerprint density at radius 3 is 2.80 bits per heavy atom. The van der Waals surface area contributed by atoms with Crippen molar-refractivity contribution in [3.63, 3.8) is 0 Å². The van der Waals surface area contributed by atoms with Crippen molar-refractivity contribution in [2.75, 3.05) is 19.8 Å². The molecule has 3 nitrogen and oxygen atoms in total. The van der Waals surface area contributed by atoms with Crippen molar-refractivity contribution in [1.29, 1.82) is 0 Å². The molecule has 3 heteroatoms. The van der Waals surface area contributed by atoms with Crippen LogP contribution in [-0.2, 0) is 14.3 Å². The van der Waals surface area contributed by atoms with Gasteiger partial charge in [-0.1, -0.05) is 19.1 Å². The second-order valence-corrected chi connectivity index (χ2v) is 4.00. The van der Waals surface area contributed by atoms with Gasteiger partial charge in [0.2, 0.25) is 0 Å². The molecular weight excluding hydrogens is 192 g/mol. The molecule has 1 rings (SSSR count). The summed E-state index contributed by atoms with van der Waals surface area (Å²) < 4.78 is 10.1. The Morgan fingerprint density at radius 1 is 1.40 bits per heavy atom. The van der Waals surface area contributed by atoms with E-state index in [1.54, 1.807) is 6.92 Å². The highest BCUT2D eigenvalue weighted by atomic mass is 16.6. The van der Waals surface area contributed by atoms with E-state index < -0.39 is 0 Å². The molecule has 0 radical (unpaired) electrons. The first-order valence-electron chi connectivity index (χ1n) is 5.62. The third-order valence-electron chi connectivity index (χ3n) is 2.78. The fourth-order valence-corrected chi connectivity index (χ4v) is 1.74. The van der Waals surface area contributed by atoms with E-state index in [4.69, 9.17) is 9.47 Å². The van der Waals surface area contributed by atoms with E-state index in [9.17, 15) is 4.79 Å². The monoisotopic (exact) mass is 212 g/mol. The topological polar surface area (TPSA) is 35.5 Å². The van der Waals surface area contributed by atoms with Gasteiger partial charge in [0.25, 0.3) is 0 Å². The average molecular weight is 212 g/mol. The minimum atomic E-state index is -0.267. The standard InChI is InChI=1S/C12H20O3/c1-3-15-12(13)9-14-8-11-7-5-4-6-10(11)2/h4-5,10-11H,3,6-9H2,1-2H3. The van der Waals surface area contributed by atoms with Crippen molar-refractivity contribution in [3.05, 3.63) is 12.2 Å². The Balaban J connectivity index is 2.14. The van der Waals surface area contributed by atoms with Gasteiger partial charge in [-0.15, -0.1) is 0 Å². The van der Waals surface area contributed by atoms with Gasteiger partial charge in [-0.3, -0.25) is 0 Å². The quantitative estimate of drug-likeness (QED) is 0.517. The fourth-order valence-electron chi connectivity index (χ4n) is 1.74. The molecule has 0 bridgehead atoms. The summed E-state index contributed by atoms with van der Waals surface area (Å²) in [6.45, 7) is 5.18. The summed E-state index contributed by atoms with van der Waals surface area (Å²) in [7, 11) is 0. The summed E-state index contributed by atoms with van der Waals surface area (Å²) >= 11 is 0. The van der Waals surface area contributed by atoms with Crippen LogP contribution in [0.4, 0.5) is 0 Å². The lowest BCUT2D eigenvalue weighted by molar-refractivity contribution is -0.149. The van der Waals surface area contributed by atoms with Crippen molar-refractivity contribution in [1.82, 2.24) is 0 Å². The van der Waals surface area contributed by atoms with Crippen LogP contribution in [-0.4, -0.2) is 25.8 Å². The zero-order chi connectivity index (χ0) is 11.1. The normalized spacial score (nSPS) is 25.2. The zero-order valence-electron chi connectivity index (χ0n) is 9.57. The Hall–Kier alpha value is -0.830. The van der Waals surface area contributed by atoms with Crippen molar-refractivity contribution >= 4 is 5.97 Å². The highest BCUT2D eigenvalue weighted by molar-refractivity contribution is 5.70. The number of allylic oxidation sites excluding steroid dienone is 2. The molecular formula is C12H20O3. The van der Waals surface area contributed by atoms with Gasteiger partial charge in [0.1, 0.15) is 6.61 Å². The average Bonchev–Trinajstić information content (AvgIpc) is 2.21. The van der Waals surface area contributed by atoms with Crippen LogP contribution in [0.5, 0.6) is 0 Å². The van der Waals surface area contributed by atoms with E-state index in [1.165, 1.54) is 0 Å². The molecule has 0 amide bonds. The van der Waals surface area contributed by atoms with Gasteiger partial charge in [0.05, 0.1) is 13.2 Å². The largest absolute Gasteiger partial charge is 0.464 e. The molecule has 0 saturated carbocycles. The van der Waals surface area contributed by atoms with Crippen LogP contribution in [0.25, 0.3) is 0 Å². The van der Waals surface area contributed by atoms with Crippen molar-refractivity contribution in [3.8, 4) is 0 Å². The fraction of sp³-hybridized carbons (Fsp3) is 0.750. The van der Waals surface area contributed by atoms with E-state index in [-0.39, 0.29) is 12.6 Å². The Morgan fingerprint density at radius 2 is 2.13 bits per heavy atom. The maximum atomic E-state index is 11.0. The molecule has 0 spiro atoms. The maximum absolute atomic E-state index is 11.0. The number of carbonyl (C=O) groups is 1. The van der Waals surface area contributed by atoms with E-state index in [0.717, 1.165) is 12.8 Å². The van der Waals surface area contributed by atoms with E-state index in [1.807, 2.05) is 0 Å². The second-order valence-electron chi connectivity index (χ2n) is 4.00. The predicted octanol–water partition coefficient (Wildman–Crippen LogP) is 2.17. The first-order chi connectivity index (χ1) is 7.24. The Labute approximate surface area is 91.4 Å². The molecule has 0 aliphatic heterocycles. The Bertz CT molecular complexity index is 223. The van der Waals surface area contributed by atoms with Gasteiger partial charge >= 0.3 is 5.97 Å². The van der Waals surface area contributed by atoms with Crippen LogP contribution < -0.4 is 0 Å². The lowest BCUT2D eigenvalue weighted by Gasteiger charge is -2.24. The SMILES string of the molecule is CCOC(=O)COCC1CC=CCC1C. The summed E-state index contributed by atoms with van der Waals surface area (Å²) in [6.07, 6.45) is 6.59. The molecule has 1 aliphatic carbocycles. The number of rotatable bonds is 5. The van der Waals surface area contributed by atoms with Crippen LogP contribution in [0.15, 0.2) is 12.2 Å². The van der Waals surface area contributed by atoms with Crippen molar-refractivity contribution in [2.24, 2.45) is 11.8 Å². The third kappa shape index (κ3) is 4.47. The molecule has 0 aromatic carbocycles. The van der Waals surface area contributed by atoms with Gasteiger partial charge in [-0.25, -0.2) is 4.79 Å². The molecule has 0 aromatic heterocycles. The smallest absolute Gasteiger partial charge is 0.332 e. The minimum absolute atomic E-state index is 0.0841. The molecule has 0 heterocycles. The first-order valence-corrected chi connectivity index (χ1v) is 5.62. The van der Waals surface area contributed by atoms with Crippen LogP contribution in [0.3, 0.4) is 0 Å². The van der Waals surface area contributed by atoms with Gasteiger partial charge in [-0.05, 0) is 31.6 Å². The number of hydrogen-bond acceptors (Lipinski definition) is 3. The molecule has 0 fully saturated rings. The molecule has 0 aromatic rings. The number of hydrogen-bond donors (Lipinski definition) is 0. The van der Waals surface area contributed by atoms with Gasteiger partial charge < -0.3 is 9.47 Å². The molecule has 2 unspecified atom stereocenters. The molecule has 1 aliphatic rings. The summed E-state index contributed by atoms with van der Waals surface area (Å²) in [5.41, 5.74) is 0. The number of carbonyl (C=O) groups excluding carboxylic acids is 1. The van der Waals surface area contributed by atoms with Crippen LogP contribution in [0.1, 0.15) is 26.7 Å².